The molecular formula is C22H21B2FN4O. The molecule has 30 heavy (non-hydrogen) atoms. The standard InChI is InChI=1S/C22H21B2FN4O/c1-13-26-12-19(29(13)2)14-3-4-15-11-27-20(10-16(15)9-14)28-21(30)22(23,24)17-5-7-18(25)8-6-17/h3-12H,23-24H2,1-2H3,(H,27,28,30). The van der Waals surface area contributed by atoms with E-state index in [1.807, 2.05) is 42.9 Å². The van der Waals surface area contributed by atoms with Crippen LogP contribution in [0.3, 0.4) is 0 Å². The number of pyridine rings is 1. The molecule has 0 atom stereocenters. The minimum atomic E-state index is -0.835. The number of carbonyl (C=O) groups is 1. The van der Waals surface area contributed by atoms with Gasteiger partial charge in [0, 0.05) is 29.4 Å². The number of hydrogen-bond donors (Lipinski definition) is 1. The third-order valence-corrected chi connectivity index (χ3v) is 5.61. The van der Waals surface area contributed by atoms with Gasteiger partial charge in [-0.3, -0.25) is 4.79 Å². The van der Waals surface area contributed by atoms with Gasteiger partial charge in [0.25, 0.3) is 0 Å². The maximum absolute atomic E-state index is 13.2. The third kappa shape index (κ3) is 3.61. The molecule has 1 amide bonds. The van der Waals surface area contributed by atoms with E-state index in [2.05, 4.69) is 21.4 Å². The summed E-state index contributed by atoms with van der Waals surface area (Å²) in [7, 11) is 5.59. The molecule has 5 nitrogen and oxygen atoms in total. The number of carbonyl (C=O) groups excluding carboxylic acids is 1. The first-order valence-electron chi connectivity index (χ1n) is 9.72. The summed E-state index contributed by atoms with van der Waals surface area (Å²) in [6, 6.07) is 14.0. The predicted molar refractivity (Wildman–Crippen MR) is 122 cm³/mol. The Morgan fingerprint density at radius 3 is 2.43 bits per heavy atom. The van der Waals surface area contributed by atoms with E-state index in [1.54, 1.807) is 34.0 Å². The molecule has 0 unspecified atom stereocenters. The fraction of sp³-hybridized carbons (Fsp3) is 0.136. The minimum Gasteiger partial charge on any atom is -0.331 e. The van der Waals surface area contributed by atoms with Gasteiger partial charge in [0.05, 0.1) is 11.9 Å². The Labute approximate surface area is 176 Å². The molecular weight excluding hydrogens is 377 g/mol. The van der Waals surface area contributed by atoms with Crippen molar-refractivity contribution in [3.8, 4) is 11.3 Å². The summed E-state index contributed by atoms with van der Waals surface area (Å²) < 4.78 is 15.3. The summed E-state index contributed by atoms with van der Waals surface area (Å²) in [5.41, 5.74) is 2.80. The molecule has 0 aliphatic carbocycles. The van der Waals surface area contributed by atoms with Gasteiger partial charge >= 0.3 is 0 Å². The number of halogens is 1. The highest BCUT2D eigenvalue weighted by atomic mass is 19.1. The summed E-state index contributed by atoms with van der Waals surface area (Å²) in [4.78, 5) is 21.7. The van der Waals surface area contributed by atoms with Crippen molar-refractivity contribution in [2.24, 2.45) is 7.05 Å². The predicted octanol–water partition coefficient (Wildman–Crippen LogP) is 2.14. The van der Waals surface area contributed by atoms with Crippen molar-refractivity contribution in [3.63, 3.8) is 0 Å². The summed E-state index contributed by atoms with van der Waals surface area (Å²) in [5.74, 6) is 0.877. The zero-order valence-corrected chi connectivity index (χ0v) is 17.4. The molecule has 148 valence electrons. The van der Waals surface area contributed by atoms with Crippen LogP contribution in [0.25, 0.3) is 22.0 Å². The van der Waals surface area contributed by atoms with Gasteiger partial charge in [0.15, 0.2) is 0 Å². The van der Waals surface area contributed by atoms with Gasteiger partial charge in [-0.25, -0.2) is 14.4 Å². The van der Waals surface area contributed by atoms with Gasteiger partial charge in [-0.1, -0.05) is 24.3 Å². The maximum Gasteiger partial charge on any atom is 0.220 e. The van der Waals surface area contributed by atoms with Gasteiger partial charge in [-0.05, 0) is 42.1 Å². The second-order valence-corrected chi connectivity index (χ2v) is 7.97. The number of nitrogens with one attached hydrogen (secondary N) is 1. The molecule has 4 aromatic rings. The summed E-state index contributed by atoms with van der Waals surface area (Å²) in [6.07, 6.45) is 3.60. The van der Waals surface area contributed by atoms with E-state index in [4.69, 9.17) is 0 Å². The number of imidazole rings is 1. The van der Waals surface area contributed by atoms with Crippen LogP contribution in [0.1, 0.15) is 11.4 Å². The fourth-order valence-electron chi connectivity index (χ4n) is 3.41. The third-order valence-electron chi connectivity index (χ3n) is 5.61. The van der Waals surface area contributed by atoms with Gasteiger partial charge < -0.3 is 9.88 Å². The Morgan fingerprint density at radius 2 is 1.77 bits per heavy atom. The highest BCUT2D eigenvalue weighted by Crippen LogP contribution is 2.26. The number of anilines is 1. The molecule has 2 aromatic carbocycles. The zero-order valence-electron chi connectivity index (χ0n) is 17.4. The van der Waals surface area contributed by atoms with Crippen molar-refractivity contribution in [2.75, 3.05) is 5.32 Å². The fourth-order valence-corrected chi connectivity index (χ4v) is 3.41. The number of amides is 1. The highest BCUT2D eigenvalue weighted by Gasteiger charge is 2.30. The lowest BCUT2D eigenvalue weighted by Crippen LogP contribution is -2.41. The molecule has 0 fully saturated rings. The number of rotatable bonds is 4. The summed E-state index contributed by atoms with van der Waals surface area (Å²) in [6.45, 7) is 1.96. The van der Waals surface area contributed by atoms with E-state index < -0.39 is 5.21 Å². The minimum absolute atomic E-state index is 0.209. The lowest BCUT2D eigenvalue weighted by Gasteiger charge is -2.24. The van der Waals surface area contributed by atoms with Crippen LogP contribution >= 0.6 is 0 Å². The number of hydrogen-bond acceptors (Lipinski definition) is 3. The van der Waals surface area contributed by atoms with Crippen molar-refractivity contribution in [3.05, 3.63) is 78.1 Å². The highest BCUT2D eigenvalue weighted by molar-refractivity contribution is 6.52. The van der Waals surface area contributed by atoms with E-state index in [-0.39, 0.29) is 11.7 Å². The quantitative estimate of drug-likeness (QED) is 0.536. The maximum atomic E-state index is 13.2. The first-order chi connectivity index (χ1) is 14.3. The molecule has 0 spiro atoms. The molecule has 0 aliphatic rings. The molecule has 2 heterocycles. The molecule has 1 N–H and O–H groups in total. The number of fused-ring (bicyclic) bond motifs is 1. The van der Waals surface area contributed by atoms with Crippen LogP contribution < -0.4 is 5.32 Å². The number of aromatic nitrogens is 3. The van der Waals surface area contributed by atoms with Crippen LogP contribution in [0.5, 0.6) is 0 Å². The normalized spacial score (nSPS) is 11.6. The topological polar surface area (TPSA) is 59.8 Å². The van der Waals surface area contributed by atoms with Crippen LogP contribution in [0, 0.1) is 12.7 Å². The van der Waals surface area contributed by atoms with E-state index in [0.29, 0.717) is 5.82 Å². The monoisotopic (exact) mass is 398 g/mol. The summed E-state index contributed by atoms with van der Waals surface area (Å²) >= 11 is 0. The first-order valence-corrected chi connectivity index (χ1v) is 9.72. The Balaban J connectivity index is 1.63. The van der Waals surface area contributed by atoms with Crippen molar-refractivity contribution < 1.29 is 9.18 Å². The van der Waals surface area contributed by atoms with Crippen molar-refractivity contribution >= 4 is 38.2 Å². The van der Waals surface area contributed by atoms with Crippen LogP contribution in [0.2, 0.25) is 0 Å². The second-order valence-electron chi connectivity index (χ2n) is 7.97. The molecule has 0 saturated carbocycles. The lowest BCUT2D eigenvalue weighted by atomic mass is 9.50. The molecule has 0 radical (unpaired) electrons. The smallest absolute Gasteiger partial charge is 0.220 e. The average Bonchev–Trinajstić information content (AvgIpc) is 3.06. The molecule has 2 aromatic heterocycles. The largest absolute Gasteiger partial charge is 0.331 e. The SMILES string of the molecule is BC(B)(C(=O)Nc1cc2cc(-c3cnc(C)n3C)ccc2cn1)c1ccc(F)cc1. The van der Waals surface area contributed by atoms with Gasteiger partial charge in [-0.2, -0.15) is 0 Å². The van der Waals surface area contributed by atoms with Crippen LogP contribution in [-0.4, -0.2) is 36.1 Å². The first kappa shape index (κ1) is 19.9. The van der Waals surface area contributed by atoms with Crippen molar-refractivity contribution in [1.82, 2.24) is 14.5 Å². The van der Waals surface area contributed by atoms with Crippen LogP contribution in [0.4, 0.5) is 10.2 Å². The Morgan fingerprint density at radius 1 is 1.03 bits per heavy atom. The van der Waals surface area contributed by atoms with Crippen LogP contribution in [-0.2, 0) is 17.1 Å². The van der Waals surface area contributed by atoms with Gasteiger partial charge in [-0.15, -0.1) is 0 Å². The molecule has 8 heteroatoms. The van der Waals surface area contributed by atoms with Crippen LogP contribution in [0.15, 0.2) is 60.9 Å². The van der Waals surface area contributed by atoms with Crippen molar-refractivity contribution in [2.45, 2.75) is 12.1 Å². The second kappa shape index (κ2) is 7.44. The van der Waals surface area contributed by atoms with Gasteiger partial charge in [0.1, 0.15) is 33.2 Å². The average molecular weight is 398 g/mol. The zero-order chi connectivity index (χ0) is 21.5. The van der Waals surface area contributed by atoms with Crippen molar-refractivity contribution in [1.29, 1.82) is 0 Å². The van der Waals surface area contributed by atoms with E-state index in [1.165, 1.54) is 12.1 Å². The van der Waals surface area contributed by atoms with Gasteiger partial charge in [0.2, 0.25) is 5.91 Å². The lowest BCUT2D eigenvalue weighted by molar-refractivity contribution is -0.117. The summed E-state index contributed by atoms with van der Waals surface area (Å²) in [5, 5.41) is 4.01. The molecule has 0 saturated heterocycles. The molecule has 0 aliphatic heterocycles. The Bertz CT molecular complexity index is 1250. The Kier molecular flexibility index (Phi) is 4.94. The number of aryl methyl sites for hydroxylation is 1. The Hall–Kier alpha value is -3.41. The van der Waals surface area contributed by atoms with E-state index in [9.17, 15) is 9.18 Å². The number of benzene rings is 2. The molecule has 4 rings (SSSR count). The van der Waals surface area contributed by atoms with E-state index >= 15 is 0 Å². The number of nitrogens with zero attached hydrogens (tertiary/aromatic N) is 3. The van der Waals surface area contributed by atoms with E-state index in [0.717, 1.165) is 33.4 Å². The molecule has 0 bridgehead atoms.